The molecule has 1 aromatic carbocycles. The number of nitrogens with zero attached hydrogens (tertiary/aromatic N) is 1. The second kappa shape index (κ2) is 4.10. The first-order chi connectivity index (χ1) is 7.54. The SMILES string of the molecule is Cc1cc(CN)ccc1N1CCCC1(C)C. The van der Waals surface area contributed by atoms with Crippen LogP contribution < -0.4 is 10.6 Å². The lowest BCUT2D eigenvalue weighted by atomic mass is 10.00. The first kappa shape index (κ1) is 11.5. The zero-order valence-electron chi connectivity index (χ0n) is 10.6. The van der Waals surface area contributed by atoms with Gasteiger partial charge in [-0.15, -0.1) is 0 Å². The first-order valence-electron chi connectivity index (χ1n) is 6.12. The lowest BCUT2D eigenvalue weighted by Crippen LogP contribution is -2.38. The molecule has 0 atom stereocenters. The van der Waals surface area contributed by atoms with Crippen molar-refractivity contribution in [3.05, 3.63) is 29.3 Å². The lowest BCUT2D eigenvalue weighted by molar-refractivity contribution is 0.517. The summed E-state index contributed by atoms with van der Waals surface area (Å²) < 4.78 is 0. The van der Waals surface area contributed by atoms with Gasteiger partial charge in [0.25, 0.3) is 0 Å². The van der Waals surface area contributed by atoms with Gasteiger partial charge in [-0.2, -0.15) is 0 Å². The summed E-state index contributed by atoms with van der Waals surface area (Å²) in [6.07, 6.45) is 2.58. The number of benzene rings is 1. The van der Waals surface area contributed by atoms with Crippen molar-refractivity contribution in [3.63, 3.8) is 0 Å². The first-order valence-corrected chi connectivity index (χ1v) is 6.12. The Kier molecular flexibility index (Phi) is 2.94. The predicted octanol–water partition coefficient (Wildman–Crippen LogP) is 2.83. The summed E-state index contributed by atoms with van der Waals surface area (Å²) >= 11 is 0. The highest BCUT2D eigenvalue weighted by atomic mass is 15.2. The van der Waals surface area contributed by atoms with E-state index in [4.69, 9.17) is 5.73 Å². The number of hydrogen-bond acceptors (Lipinski definition) is 2. The third-order valence-corrected chi connectivity index (χ3v) is 3.69. The normalized spacial score (nSPS) is 19.1. The van der Waals surface area contributed by atoms with Gasteiger partial charge in [0.2, 0.25) is 0 Å². The van der Waals surface area contributed by atoms with Crippen LogP contribution in [0, 0.1) is 6.92 Å². The molecule has 1 saturated heterocycles. The van der Waals surface area contributed by atoms with Crippen molar-refractivity contribution in [1.82, 2.24) is 0 Å². The van der Waals surface area contributed by atoms with Crippen LogP contribution >= 0.6 is 0 Å². The fourth-order valence-electron chi connectivity index (χ4n) is 2.70. The summed E-state index contributed by atoms with van der Waals surface area (Å²) in [5.74, 6) is 0. The largest absolute Gasteiger partial charge is 0.366 e. The van der Waals surface area contributed by atoms with Crippen LogP contribution in [0.1, 0.15) is 37.8 Å². The van der Waals surface area contributed by atoms with Crippen molar-refractivity contribution in [3.8, 4) is 0 Å². The molecule has 0 aromatic heterocycles. The van der Waals surface area contributed by atoms with E-state index in [1.54, 1.807) is 0 Å². The fraction of sp³-hybridized carbons (Fsp3) is 0.571. The van der Waals surface area contributed by atoms with E-state index in [1.165, 1.54) is 36.2 Å². The minimum absolute atomic E-state index is 0.301. The number of nitrogens with two attached hydrogens (primary N) is 1. The Hall–Kier alpha value is -1.02. The van der Waals surface area contributed by atoms with Gasteiger partial charge in [0, 0.05) is 24.3 Å². The maximum atomic E-state index is 5.66. The molecule has 0 bridgehead atoms. The topological polar surface area (TPSA) is 29.3 Å². The van der Waals surface area contributed by atoms with Crippen molar-refractivity contribution in [2.24, 2.45) is 5.73 Å². The summed E-state index contributed by atoms with van der Waals surface area (Å²) in [6, 6.07) is 6.59. The molecule has 1 heterocycles. The number of aryl methyl sites for hydroxylation is 1. The highest BCUT2D eigenvalue weighted by molar-refractivity contribution is 5.57. The Morgan fingerprint density at radius 2 is 2.12 bits per heavy atom. The Morgan fingerprint density at radius 3 is 2.62 bits per heavy atom. The molecule has 1 aliphatic rings. The molecule has 0 unspecified atom stereocenters. The maximum absolute atomic E-state index is 5.66. The molecule has 0 saturated carbocycles. The zero-order chi connectivity index (χ0) is 11.8. The van der Waals surface area contributed by atoms with E-state index in [2.05, 4.69) is 43.9 Å². The zero-order valence-corrected chi connectivity index (χ0v) is 10.6. The van der Waals surface area contributed by atoms with E-state index in [1.807, 2.05) is 0 Å². The van der Waals surface area contributed by atoms with Crippen LogP contribution in [0.5, 0.6) is 0 Å². The quantitative estimate of drug-likeness (QED) is 0.827. The molecular formula is C14H22N2. The molecule has 2 rings (SSSR count). The summed E-state index contributed by atoms with van der Waals surface area (Å²) in [4.78, 5) is 2.53. The van der Waals surface area contributed by atoms with Gasteiger partial charge < -0.3 is 10.6 Å². The fourth-order valence-corrected chi connectivity index (χ4v) is 2.70. The second-order valence-corrected chi connectivity index (χ2v) is 5.39. The number of hydrogen-bond donors (Lipinski definition) is 1. The summed E-state index contributed by atoms with van der Waals surface area (Å²) in [6.45, 7) is 8.65. The minimum Gasteiger partial charge on any atom is -0.366 e. The average Bonchev–Trinajstić information content (AvgIpc) is 2.58. The van der Waals surface area contributed by atoms with E-state index < -0.39 is 0 Å². The van der Waals surface area contributed by atoms with Gasteiger partial charge >= 0.3 is 0 Å². The molecule has 1 fully saturated rings. The summed E-state index contributed by atoms with van der Waals surface area (Å²) in [5.41, 5.74) is 9.90. The number of anilines is 1. The Bertz CT molecular complexity index is 382. The summed E-state index contributed by atoms with van der Waals surface area (Å²) in [5, 5.41) is 0. The van der Waals surface area contributed by atoms with E-state index in [-0.39, 0.29) is 0 Å². The van der Waals surface area contributed by atoms with E-state index >= 15 is 0 Å². The molecule has 2 N–H and O–H groups in total. The Labute approximate surface area is 98.4 Å². The van der Waals surface area contributed by atoms with Crippen LogP contribution in [0.25, 0.3) is 0 Å². The van der Waals surface area contributed by atoms with Crippen molar-refractivity contribution in [2.75, 3.05) is 11.4 Å². The van der Waals surface area contributed by atoms with E-state index in [9.17, 15) is 0 Å². The standard InChI is InChI=1S/C14H22N2/c1-11-9-12(10-15)5-6-13(11)16-8-4-7-14(16,2)3/h5-6,9H,4,7-8,10,15H2,1-3H3. The molecule has 88 valence electrons. The van der Waals surface area contributed by atoms with Gasteiger partial charge in [-0.3, -0.25) is 0 Å². The third kappa shape index (κ3) is 1.94. The molecule has 0 spiro atoms. The highest BCUT2D eigenvalue weighted by Crippen LogP contribution is 2.35. The van der Waals surface area contributed by atoms with Crippen LogP contribution in [0.15, 0.2) is 18.2 Å². The molecule has 2 heteroatoms. The molecule has 16 heavy (non-hydrogen) atoms. The smallest absolute Gasteiger partial charge is 0.0400 e. The third-order valence-electron chi connectivity index (χ3n) is 3.69. The monoisotopic (exact) mass is 218 g/mol. The van der Waals surface area contributed by atoms with Crippen LogP contribution in [0.2, 0.25) is 0 Å². The van der Waals surface area contributed by atoms with Gasteiger partial charge in [0.05, 0.1) is 0 Å². The van der Waals surface area contributed by atoms with Gasteiger partial charge in [0.1, 0.15) is 0 Å². The predicted molar refractivity (Wildman–Crippen MR) is 69.7 cm³/mol. The van der Waals surface area contributed by atoms with Crippen LogP contribution in [-0.4, -0.2) is 12.1 Å². The van der Waals surface area contributed by atoms with Crippen molar-refractivity contribution < 1.29 is 0 Å². The van der Waals surface area contributed by atoms with Gasteiger partial charge in [-0.05, 0) is 50.8 Å². The van der Waals surface area contributed by atoms with Crippen molar-refractivity contribution >= 4 is 5.69 Å². The Morgan fingerprint density at radius 1 is 1.38 bits per heavy atom. The van der Waals surface area contributed by atoms with Gasteiger partial charge in [-0.1, -0.05) is 12.1 Å². The van der Waals surface area contributed by atoms with Crippen LogP contribution in [-0.2, 0) is 6.54 Å². The molecule has 0 amide bonds. The highest BCUT2D eigenvalue weighted by Gasteiger charge is 2.32. The average molecular weight is 218 g/mol. The van der Waals surface area contributed by atoms with E-state index in [0.29, 0.717) is 12.1 Å². The molecule has 1 aromatic rings. The molecule has 0 aliphatic carbocycles. The molecule has 1 aliphatic heterocycles. The molecular weight excluding hydrogens is 196 g/mol. The van der Waals surface area contributed by atoms with E-state index in [0.717, 1.165) is 0 Å². The minimum atomic E-state index is 0.301. The maximum Gasteiger partial charge on any atom is 0.0400 e. The van der Waals surface area contributed by atoms with Crippen LogP contribution in [0.4, 0.5) is 5.69 Å². The summed E-state index contributed by atoms with van der Waals surface area (Å²) in [7, 11) is 0. The van der Waals surface area contributed by atoms with Crippen LogP contribution in [0.3, 0.4) is 0 Å². The van der Waals surface area contributed by atoms with Crippen molar-refractivity contribution in [1.29, 1.82) is 0 Å². The Balaban J connectivity index is 2.34. The van der Waals surface area contributed by atoms with Gasteiger partial charge in [0.15, 0.2) is 0 Å². The lowest BCUT2D eigenvalue weighted by Gasteiger charge is -2.35. The second-order valence-electron chi connectivity index (χ2n) is 5.39. The number of rotatable bonds is 2. The van der Waals surface area contributed by atoms with Crippen molar-refractivity contribution in [2.45, 2.75) is 45.7 Å². The molecule has 2 nitrogen and oxygen atoms in total. The van der Waals surface area contributed by atoms with Gasteiger partial charge in [-0.25, -0.2) is 0 Å². The molecule has 0 radical (unpaired) electrons.